The monoisotopic (exact) mass is 905 g/mol. The van der Waals surface area contributed by atoms with Crippen molar-refractivity contribution >= 4 is 23.9 Å². The molecule has 2 aliphatic heterocycles. The maximum atomic E-state index is 15.5. The Balaban J connectivity index is 0.000000341. The minimum absolute atomic E-state index is 0.0777. The van der Waals surface area contributed by atoms with E-state index in [2.05, 4.69) is 10.0 Å². The van der Waals surface area contributed by atoms with Crippen molar-refractivity contribution in [1.82, 2.24) is 0 Å². The Morgan fingerprint density at radius 3 is 1.36 bits per heavy atom. The van der Waals surface area contributed by atoms with Crippen molar-refractivity contribution < 1.29 is 71.0 Å². The fourth-order valence-corrected chi connectivity index (χ4v) is 5.61. The van der Waals surface area contributed by atoms with E-state index >= 15 is 8.78 Å². The molecule has 4 unspecified atom stereocenters. The molecule has 2 aromatic rings. The molecule has 0 bridgehead atoms. The molecule has 2 aliphatic rings. The lowest BCUT2D eigenvalue weighted by molar-refractivity contribution is -0.298. The Morgan fingerprint density at radius 2 is 0.969 bits per heavy atom. The van der Waals surface area contributed by atoms with E-state index in [-0.39, 0.29) is 13.2 Å². The van der Waals surface area contributed by atoms with Crippen LogP contribution in [0.3, 0.4) is 0 Å². The molecule has 64 heavy (non-hydrogen) atoms. The van der Waals surface area contributed by atoms with Crippen molar-refractivity contribution in [3.05, 3.63) is 82.2 Å². The zero-order valence-electron chi connectivity index (χ0n) is 38.8. The maximum absolute atomic E-state index is 15.5. The van der Waals surface area contributed by atoms with E-state index in [1.54, 1.807) is 83.1 Å². The van der Waals surface area contributed by atoms with Crippen molar-refractivity contribution in [2.75, 3.05) is 13.2 Å². The number of ether oxygens (including phenoxy) is 8. The summed E-state index contributed by atoms with van der Waals surface area (Å²) < 4.78 is 74.6. The van der Waals surface area contributed by atoms with Gasteiger partial charge in [-0.25, -0.2) is 8.78 Å². The highest BCUT2D eigenvalue weighted by Crippen LogP contribution is 2.33. The van der Waals surface area contributed by atoms with Crippen LogP contribution in [-0.4, -0.2) is 104 Å². The largest absolute Gasteiger partial charge is 0.462 e. The lowest BCUT2D eigenvalue weighted by Crippen LogP contribution is -2.59. The maximum Gasteiger partial charge on any atom is 0.311 e. The number of hydrogen-bond donors (Lipinski definition) is 1. The minimum atomic E-state index is -1.92. The van der Waals surface area contributed by atoms with Gasteiger partial charge in [0.25, 0.3) is 0 Å². The van der Waals surface area contributed by atoms with Crippen LogP contribution in [-0.2, 0) is 70.3 Å². The first-order chi connectivity index (χ1) is 29.6. The highest BCUT2D eigenvalue weighted by molar-refractivity contribution is 5.77. The second kappa shape index (κ2) is 23.0. The van der Waals surface area contributed by atoms with E-state index in [0.29, 0.717) is 0 Å². The predicted molar refractivity (Wildman–Crippen MR) is 228 cm³/mol. The number of rotatable bonds is 13. The van der Waals surface area contributed by atoms with Gasteiger partial charge in [-0.05, 0) is 99.7 Å². The SMILES string of the molecule is CC(C)(C)C(=O)OCC1O[C@@H](OCc2ccccc2)C(N=[N+]=[N-])[C@@H](OC(=O)C(C)(C)C)[C@@H]1F.CC(C)(C)C(=O)OCC1O[C@@H](OCc2ccccc2)C(O)[C@@H](OC(=O)C(C)(C)C)[C@@H]1F. The van der Waals surface area contributed by atoms with Gasteiger partial charge in [0, 0.05) is 4.91 Å². The third kappa shape index (κ3) is 16.1. The van der Waals surface area contributed by atoms with Gasteiger partial charge in [-0.2, -0.15) is 0 Å². The van der Waals surface area contributed by atoms with Crippen LogP contribution in [0, 0.1) is 21.7 Å². The lowest BCUT2D eigenvalue weighted by Gasteiger charge is -2.41. The summed E-state index contributed by atoms with van der Waals surface area (Å²) in [6.07, 6.45) is -13.5. The number of alkyl halides is 2. The molecule has 356 valence electrons. The minimum Gasteiger partial charge on any atom is -0.462 e. The van der Waals surface area contributed by atoms with E-state index < -0.39 is 120 Å². The van der Waals surface area contributed by atoms with Gasteiger partial charge in [0.1, 0.15) is 43.7 Å². The number of carbonyl (C=O) groups excluding carboxylic acids is 4. The number of halogens is 2. The first-order valence-electron chi connectivity index (χ1n) is 21.0. The Morgan fingerprint density at radius 1 is 0.609 bits per heavy atom. The molecule has 18 heteroatoms. The average Bonchev–Trinajstić information content (AvgIpc) is 3.21. The standard InChI is InChI=1S/C23H32FN3O6.C23H33FO7/c1-22(2,3)20(28)31-13-15-16(24)18(33-21(29)23(4,5)6)17(26-27-25)19(32-15)30-12-14-10-8-7-9-11-14;1-22(2,3)20(26)29-13-15-16(24)18(31-21(27)23(4,5)6)17(25)19(30-15)28-12-14-10-8-7-9-11-14/h7-11,15-19H,12-13H2,1-6H3;7-11,15-19,25H,12-13H2,1-6H3/t2*15?,16-,17?,18+,19-/m11/s1. The topological polar surface area (TPSA) is 211 Å². The third-order valence-electron chi connectivity index (χ3n) is 9.58. The molecule has 0 radical (unpaired) electrons. The predicted octanol–water partition coefficient (Wildman–Crippen LogP) is 7.67. The molecule has 1 N–H and O–H groups in total. The number of aliphatic hydroxyl groups is 1. The van der Waals surface area contributed by atoms with Gasteiger partial charge in [-0.3, -0.25) is 19.2 Å². The number of carbonyl (C=O) groups is 4. The number of aliphatic hydroxyl groups excluding tert-OH is 1. The molecule has 0 aliphatic carbocycles. The lowest BCUT2D eigenvalue weighted by atomic mass is 9.95. The van der Waals surface area contributed by atoms with E-state index in [1.807, 2.05) is 60.7 Å². The van der Waals surface area contributed by atoms with Crippen LogP contribution in [0.1, 0.15) is 94.2 Å². The zero-order chi connectivity index (χ0) is 48.2. The molecule has 2 heterocycles. The van der Waals surface area contributed by atoms with Crippen LogP contribution >= 0.6 is 0 Å². The van der Waals surface area contributed by atoms with E-state index in [0.717, 1.165) is 11.1 Å². The van der Waals surface area contributed by atoms with Crippen LogP contribution in [0.4, 0.5) is 8.78 Å². The summed E-state index contributed by atoms with van der Waals surface area (Å²) in [5.41, 5.74) is 7.30. The Labute approximate surface area is 374 Å². The summed E-state index contributed by atoms with van der Waals surface area (Å²) in [5.74, 6) is -2.42. The van der Waals surface area contributed by atoms with E-state index in [9.17, 15) is 24.3 Å². The summed E-state index contributed by atoms with van der Waals surface area (Å²) in [7, 11) is 0. The van der Waals surface area contributed by atoms with E-state index in [1.165, 1.54) is 0 Å². The summed E-state index contributed by atoms with van der Waals surface area (Å²) >= 11 is 0. The smallest absolute Gasteiger partial charge is 0.311 e. The fraction of sp³-hybridized carbons (Fsp3) is 0.652. The van der Waals surface area contributed by atoms with Crippen molar-refractivity contribution in [3.8, 4) is 0 Å². The molecule has 0 saturated carbocycles. The van der Waals surface area contributed by atoms with Crippen LogP contribution in [0.5, 0.6) is 0 Å². The van der Waals surface area contributed by atoms with Gasteiger partial charge in [-0.1, -0.05) is 65.8 Å². The molecule has 0 spiro atoms. The second-order valence-corrected chi connectivity index (χ2v) is 19.7. The molecule has 4 rings (SSSR count). The first-order valence-corrected chi connectivity index (χ1v) is 21.0. The molecular weight excluding hydrogens is 841 g/mol. The summed E-state index contributed by atoms with van der Waals surface area (Å²) in [4.78, 5) is 51.9. The number of benzene rings is 2. The second-order valence-electron chi connectivity index (χ2n) is 19.7. The summed E-state index contributed by atoms with van der Waals surface area (Å²) in [6.45, 7) is 19.1. The molecule has 2 saturated heterocycles. The summed E-state index contributed by atoms with van der Waals surface area (Å²) in [5, 5.41) is 14.3. The number of azide groups is 1. The quantitative estimate of drug-likeness (QED) is 0.0673. The Kier molecular flexibility index (Phi) is 19.2. The normalized spacial score (nSPS) is 26.2. The van der Waals surface area contributed by atoms with Gasteiger partial charge < -0.3 is 43.0 Å². The summed E-state index contributed by atoms with van der Waals surface area (Å²) in [6, 6.07) is 17.0. The Hall–Kier alpha value is -4.71. The molecule has 2 aromatic carbocycles. The molecule has 16 nitrogen and oxygen atoms in total. The van der Waals surface area contributed by atoms with Crippen LogP contribution in [0.25, 0.3) is 10.4 Å². The van der Waals surface area contributed by atoms with Gasteiger partial charge in [0.15, 0.2) is 31.0 Å². The number of nitrogens with zero attached hydrogens (tertiary/aromatic N) is 3. The molecule has 0 amide bonds. The third-order valence-corrected chi connectivity index (χ3v) is 9.58. The van der Waals surface area contributed by atoms with Gasteiger partial charge >= 0.3 is 23.9 Å². The molecule has 2 fully saturated rings. The Bertz CT molecular complexity index is 1870. The number of esters is 4. The molecule has 10 atom stereocenters. The molecule has 0 aromatic heterocycles. The average molecular weight is 906 g/mol. The molecular formula is C46H65F2N3O13. The number of hydrogen-bond acceptors (Lipinski definition) is 14. The van der Waals surface area contributed by atoms with Crippen molar-refractivity contribution in [3.63, 3.8) is 0 Å². The van der Waals surface area contributed by atoms with Crippen molar-refractivity contribution in [1.29, 1.82) is 0 Å². The van der Waals surface area contributed by atoms with Crippen molar-refractivity contribution in [2.24, 2.45) is 26.8 Å². The van der Waals surface area contributed by atoms with Crippen LogP contribution < -0.4 is 0 Å². The fourth-order valence-electron chi connectivity index (χ4n) is 5.61. The van der Waals surface area contributed by atoms with Crippen LogP contribution in [0.15, 0.2) is 65.8 Å². The first kappa shape index (κ1) is 53.6. The highest BCUT2D eigenvalue weighted by Gasteiger charge is 2.52. The van der Waals surface area contributed by atoms with E-state index in [4.69, 9.17) is 43.4 Å². The van der Waals surface area contributed by atoms with Gasteiger partial charge in [0.2, 0.25) is 0 Å². The van der Waals surface area contributed by atoms with Gasteiger partial charge in [0.05, 0.1) is 34.9 Å². The van der Waals surface area contributed by atoms with Gasteiger partial charge in [-0.15, -0.1) is 0 Å². The van der Waals surface area contributed by atoms with Crippen LogP contribution in [0.2, 0.25) is 0 Å². The van der Waals surface area contributed by atoms with Crippen molar-refractivity contribution in [2.45, 2.75) is 158 Å². The highest BCUT2D eigenvalue weighted by atomic mass is 19.1. The zero-order valence-corrected chi connectivity index (χ0v) is 38.8.